The Morgan fingerprint density at radius 3 is 2.37 bits per heavy atom. The van der Waals surface area contributed by atoms with E-state index in [1.54, 1.807) is 50.5 Å². The fraction of sp³-hybridized carbons (Fsp3) is 0.250. The first kappa shape index (κ1) is 22.3. The zero-order valence-electron chi connectivity index (χ0n) is 16.6. The van der Waals surface area contributed by atoms with E-state index in [2.05, 4.69) is 10.6 Å². The fourth-order valence-corrected chi connectivity index (χ4v) is 2.45. The summed E-state index contributed by atoms with van der Waals surface area (Å²) >= 11 is 0. The van der Waals surface area contributed by atoms with Gasteiger partial charge in [0, 0.05) is 38.0 Å². The summed E-state index contributed by atoms with van der Waals surface area (Å²) in [7, 11) is 3.28. The van der Waals surface area contributed by atoms with Gasteiger partial charge in [-0.25, -0.2) is 0 Å². The van der Waals surface area contributed by atoms with Gasteiger partial charge in [-0.3, -0.25) is 24.5 Å². The standard InChI is InChI=1S/C20H22N4O6/c1-23(2)20(27)14-7-9-15(10-8-14)22-18(25)13-30-19(26)11-12-21-16-5-3-4-6-17(16)24(28)29/h3-10,21H,11-13H2,1-2H3,(H,22,25). The van der Waals surface area contributed by atoms with Gasteiger partial charge in [0.25, 0.3) is 17.5 Å². The quantitative estimate of drug-likeness (QED) is 0.366. The second kappa shape index (κ2) is 10.6. The van der Waals surface area contributed by atoms with Crippen molar-refractivity contribution < 1.29 is 24.0 Å². The number of hydrogen-bond donors (Lipinski definition) is 2. The Bertz CT molecular complexity index is 927. The molecule has 2 rings (SSSR count). The van der Waals surface area contributed by atoms with Crippen LogP contribution in [0.15, 0.2) is 48.5 Å². The lowest BCUT2D eigenvalue weighted by molar-refractivity contribution is -0.384. The van der Waals surface area contributed by atoms with Gasteiger partial charge in [0.15, 0.2) is 6.61 Å². The first-order chi connectivity index (χ1) is 14.3. The number of carbonyl (C=O) groups excluding carboxylic acids is 3. The lowest BCUT2D eigenvalue weighted by Gasteiger charge is -2.11. The molecule has 158 valence electrons. The molecule has 0 unspecified atom stereocenters. The number of rotatable bonds is 9. The number of anilines is 2. The topological polar surface area (TPSA) is 131 Å². The van der Waals surface area contributed by atoms with Crippen LogP contribution >= 0.6 is 0 Å². The summed E-state index contributed by atoms with van der Waals surface area (Å²) in [5, 5.41) is 16.3. The molecule has 2 N–H and O–H groups in total. The largest absolute Gasteiger partial charge is 0.456 e. The number of benzene rings is 2. The van der Waals surface area contributed by atoms with E-state index in [9.17, 15) is 24.5 Å². The Balaban J connectivity index is 1.74. The highest BCUT2D eigenvalue weighted by Gasteiger charge is 2.13. The van der Waals surface area contributed by atoms with Gasteiger partial charge >= 0.3 is 5.97 Å². The van der Waals surface area contributed by atoms with Crippen molar-refractivity contribution in [3.63, 3.8) is 0 Å². The number of esters is 1. The lowest BCUT2D eigenvalue weighted by atomic mass is 10.2. The lowest BCUT2D eigenvalue weighted by Crippen LogP contribution is -2.23. The molecule has 30 heavy (non-hydrogen) atoms. The highest BCUT2D eigenvalue weighted by atomic mass is 16.6. The number of amides is 2. The number of hydrogen-bond acceptors (Lipinski definition) is 7. The van der Waals surface area contributed by atoms with Crippen LogP contribution in [0.4, 0.5) is 17.1 Å². The van der Waals surface area contributed by atoms with Crippen LogP contribution in [0.3, 0.4) is 0 Å². The summed E-state index contributed by atoms with van der Waals surface area (Å²) in [4.78, 5) is 47.4. The molecule has 0 saturated heterocycles. The summed E-state index contributed by atoms with van der Waals surface area (Å²) in [6.07, 6.45) is -0.0688. The molecular weight excluding hydrogens is 392 g/mol. The molecule has 0 aliphatic rings. The Morgan fingerprint density at radius 1 is 1.07 bits per heavy atom. The van der Waals surface area contributed by atoms with E-state index in [4.69, 9.17) is 4.74 Å². The van der Waals surface area contributed by atoms with Crippen molar-refractivity contribution in [2.24, 2.45) is 0 Å². The molecule has 0 spiro atoms. The monoisotopic (exact) mass is 414 g/mol. The number of ether oxygens (including phenoxy) is 1. The second-order valence-corrected chi connectivity index (χ2v) is 6.44. The van der Waals surface area contributed by atoms with E-state index in [-0.39, 0.29) is 24.6 Å². The number of nitro benzene ring substituents is 1. The van der Waals surface area contributed by atoms with E-state index in [0.717, 1.165) is 0 Å². The van der Waals surface area contributed by atoms with Gasteiger partial charge < -0.3 is 20.3 Å². The van der Waals surface area contributed by atoms with Crippen molar-refractivity contribution in [2.45, 2.75) is 6.42 Å². The molecule has 0 saturated carbocycles. The minimum atomic E-state index is -0.622. The number of para-hydroxylation sites is 2. The molecule has 0 heterocycles. The van der Waals surface area contributed by atoms with Gasteiger partial charge in [-0.15, -0.1) is 0 Å². The van der Waals surface area contributed by atoms with Gasteiger partial charge in [-0.1, -0.05) is 12.1 Å². The smallest absolute Gasteiger partial charge is 0.308 e. The first-order valence-corrected chi connectivity index (χ1v) is 9.02. The van der Waals surface area contributed by atoms with Gasteiger partial charge in [-0.2, -0.15) is 0 Å². The van der Waals surface area contributed by atoms with E-state index in [0.29, 0.717) is 16.9 Å². The Hall–Kier alpha value is -3.95. The highest BCUT2D eigenvalue weighted by molar-refractivity contribution is 5.96. The number of nitrogens with zero attached hydrogens (tertiary/aromatic N) is 2. The molecule has 0 radical (unpaired) electrons. The summed E-state index contributed by atoms with van der Waals surface area (Å²) in [5.41, 5.74) is 1.15. The molecular formula is C20H22N4O6. The molecule has 2 aromatic carbocycles. The maximum atomic E-state index is 11.9. The first-order valence-electron chi connectivity index (χ1n) is 9.02. The minimum Gasteiger partial charge on any atom is -0.456 e. The summed E-state index contributed by atoms with van der Waals surface area (Å²) < 4.78 is 4.90. The predicted octanol–water partition coefficient (Wildman–Crippen LogP) is 2.28. The van der Waals surface area contributed by atoms with Gasteiger partial charge in [0.2, 0.25) is 0 Å². The molecule has 0 fully saturated rings. The van der Waals surface area contributed by atoms with Crippen molar-refractivity contribution in [3.8, 4) is 0 Å². The van der Waals surface area contributed by atoms with E-state index in [1.165, 1.54) is 17.0 Å². The third-order valence-electron chi connectivity index (χ3n) is 3.93. The van der Waals surface area contributed by atoms with Crippen molar-refractivity contribution >= 4 is 34.8 Å². The maximum absolute atomic E-state index is 11.9. The zero-order chi connectivity index (χ0) is 22.1. The van der Waals surface area contributed by atoms with E-state index < -0.39 is 23.4 Å². The van der Waals surface area contributed by atoms with Crippen LogP contribution in [-0.4, -0.2) is 54.9 Å². The number of nitro groups is 1. The summed E-state index contributed by atoms with van der Waals surface area (Å²) in [6, 6.07) is 12.4. The highest BCUT2D eigenvalue weighted by Crippen LogP contribution is 2.22. The van der Waals surface area contributed by atoms with Crippen molar-refractivity contribution in [1.82, 2.24) is 4.90 Å². The van der Waals surface area contributed by atoms with Crippen LogP contribution in [0.2, 0.25) is 0 Å². The average molecular weight is 414 g/mol. The normalized spacial score (nSPS) is 10.1. The zero-order valence-corrected chi connectivity index (χ0v) is 16.6. The third kappa shape index (κ3) is 6.59. The average Bonchev–Trinajstić information content (AvgIpc) is 2.72. The molecule has 0 aromatic heterocycles. The molecule has 2 amide bonds. The van der Waals surface area contributed by atoms with Crippen LogP contribution < -0.4 is 10.6 Å². The van der Waals surface area contributed by atoms with Gasteiger partial charge in [0.05, 0.1) is 11.3 Å². The molecule has 0 bridgehead atoms. The predicted molar refractivity (Wildman–Crippen MR) is 110 cm³/mol. The Labute approximate surface area is 173 Å². The van der Waals surface area contributed by atoms with Crippen LogP contribution in [0, 0.1) is 10.1 Å². The van der Waals surface area contributed by atoms with Gasteiger partial charge in [0.1, 0.15) is 5.69 Å². The van der Waals surface area contributed by atoms with Gasteiger partial charge in [-0.05, 0) is 30.3 Å². The number of nitrogens with one attached hydrogen (secondary N) is 2. The van der Waals surface area contributed by atoms with Crippen LogP contribution in [0.1, 0.15) is 16.8 Å². The second-order valence-electron chi connectivity index (χ2n) is 6.44. The van der Waals surface area contributed by atoms with Crippen molar-refractivity contribution in [1.29, 1.82) is 0 Å². The maximum Gasteiger partial charge on any atom is 0.308 e. The van der Waals surface area contributed by atoms with E-state index in [1.807, 2.05) is 0 Å². The Morgan fingerprint density at radius 2 is 1.73 bits per heavy atom. The van der Waals surface area contributed by atoms with Crippen molar-refractivity contribution in [3.05, 3.63) is 64.2 Å². The summed E-state index contributed by atoms with van der Waals surface area (Å²) in [6.45, 7) is -0.352. The van der Waals surface area contributed by atoms with Crippen LogP contribution in [0.25, 0.3) is 0 Å². The Kier molecular flexibility index (Phi) is 7.86. The molecule has 0 aliphatic carbocycles. The van der Waals surface area contributed by atoms with Crippen LogP contribution in [0.5, 0.6) is 0 Å². The summed E-state index contributed by atoms with van der Waals surface area (Å²) in [5.74, 6) is -1.30. The molecule has 2 aromatic rings. The minimum absolute atomic E-state index is 0.0688. The molecule has 0 atom stereocenters. The fourth-order valence-electron chi connectivity index (χ4n) is 2.45. The molecule has 10 nitrogen and oxygen atoms in total. The molecule has 10 heteroatoms. The molecule has 0 aliphatic heterocycles. The van der Waals surface area contributed by atoms with E-state index >= 15 is 0 Å². The number of carbonyl (C=O) groups is 3. The van der Waals surface area contributed by atoms with Crippen LogP contribution in [-0.2, 0) is 14.3 Å². The van der Waals surface area contributed by atoms with Crippen molar-refractivity contribution in [2.75, 3.05) is 37.9 Å². The third-order valence-corrected chi connectivity index (χ3v) is 3.93. The SMILES string of the molecule is CN(C)C(=O)c1ccc(NC(=O)COC(=O)CCNc2ccccc2[N+](=O)[O-])cc1.